The van der Waals surface area contributed by atoms with Gasteiger partial charge in [-0.2, -0.15) is 0 Å². The van der Waals surface area contributed by atoms with E-state index < -0.39 is 24.3 Å². The molecule has 0 aromatic heterocycles. The van der Waals surface area contributed by atoms with Gasteiger partial charge in [0.15, 0.2) is 6.10 Å². The highest BCUT2D eigenvalue weighted by Gasteiger charge is 2.25. The summed E-state index contributed by atoms with van der Waals surface area (Å²) in [6, 6.07) is 0. The number of nitrogens with zero attached hydrogens (tertiary/aromatic N) is 1. The van der Waals surface area contributed by atoms with Gasteiger partial charge in [-0.1, -0.05) is 377 Å². The lowest BCUT2D eigenvalue weighted by atomic mass is 10.0. The van der Waals surface area contributed by atoms with Crippen molar-refractivity contribution in [2.75, 3.05) is 47.5 Å². The minimum Gasteiger partial charge on any atom is -0.477 e. The average molecular weight is 1430 g/mol. The monoisotopic (exact) mass is 1430 g/mol. The number of carboxylic acids is 1. The first-order valence-electron chi connectivity index (χ1n) is 42.6. The standard InChI is InChI=1S/C94H159NO8/c1-6-8-10-12-14-16-18-20-22-24-26-28-30-32-34-36-38-40-42-44-46-48-50-52-54-56-58-60-62-64-66-68-70-72-74-76-78-80-82-84-91(96)101-88-90(89-102-94(93(98)99)100-87-86-95(3,4)5)103-92(97)85-83-81-79-77-75-73-71-69-67-65-63-61-59-57-55-53-51-49-47-45-43-41-39-37-35-33-31-29-27-25-23-21-19-17-15-13-11-9-7-2/h9,11,15,17-18,20-21,23-24,26-27,29-30,32-33,35,39,41,45,47,51,53,57,59,63,65,90,94H,6-8,10,12-14,16,19,22,25,28,31,34,36-38,40,42-44,46,48-50,52,54-56,58,60-62,64,66-89H2,1-5H3/p+1/b11-9-,17-15-,20-18-,23-21-,26-24-,29-27-,32-30-,35-33-,41-39-,47-45-,53-51-,59-57-,65-63-. The second kappa shape index (κ2) is 82.6. The molecule has 0 aromatic rings. The predicted octanol–water partition coefficient (Wildman–Crippen LogP) is 27.9. The van der Waals surface area contributed by atoms with Crippen LogP contribution >= 0.6 is 0 Å². The third-order valence-electron chi connectivity index (χ3n) is 18.3. The van der Waals surface area contributed by atoms with Crippen molar-refractivity contribution in [1.82, 2.24) is 0 Å². The second-order valence-electron chi connectivity index (χ2n) is 29.4. The molecule has 0 bridgehead atoms. The zero-order chi connectivity index (χ0) is 74.6. The normalized spacial score (nSPS) is 13.4. The molecule has 0 saturated heterocycles. The van der Waals surface area contributed by atoms with E-state index in [1.165, 1.54) is 205 Å². The number of unbranched alkanes of at least 4 members (excludes halogenated alkanes) is 37. The van der Waals surface area contributed by atoms with Crippen molar-refractivity contribution in [3.05, 3.63) is 158 Å². The maximum atomic E-state index is 13.0. The number of hydrogen-bond acceptors (Lipinski definition) is 7. The van der Waals surface area contributed by atoms with Crippen LogP contribution in [0.4, 0.5) is 0 Å². The third-order valence-corrected chi connectivity index (χ3v) is 18.3. The Hall–Kier alpha value is -5.09. The summed E-state index contributed by atoms with van der Waals surface area (Å²) in [5.74, 6) is -2.01. The summed E-state index contributed by atoms with van der Waals surface area (Å²) in [4.78, 5) is 37.8. The Balaban J connectivity index is 4.05. The molecule has 9 nitrogen and oxygen atoms in total. The van der Waals surface area contributed by atoms with Crippen LogP contribution in [0.5, 0.6) is 0 Å². The fourth-order valence-corrected chi connectivity index (χ4v) is 11.8. The molecule has 0 aliphatic rings. The lowest BCUT2D eigenvalue weighted by molar-refractivity contribution is -0.870. The van der Waals surface area contributed by atoms with Gasteiger partial charge in [-0.25, -0.2) is 4.79 Å². The number of hydrogen-bond donors (Lipinski definition) is 1. The Labute approximate surface area is 635 Å². The third kappa shape index (κ3) is 84.1. The van der Waals surface area contributed by atoms with E-state index in [1.54, 1.807) is 0 Å². The van der Waals surface area contributed by atoms with Crippen molar-refractivity contribution in [1.29, 1.82) is 0 Å². The molecule has 103 heavy (non-hydrogen) atoms. The van der Waals surface area contributed by atoms with Crippen LogP contribution in [0.3, 0.4) is 0 Å². The molecule has 0 fully saturated rings. The number of carboxylic acid groups (broad SMARTS) is 1. The molecule has 1 N–H and O–H groups in total. The Morgan fingerprint density at radius 2 is 0.553 bits per heavy atom. The van der Waals surface area contributed by atoms with Gasteiger partial charge in [-0.15, -0.1) is 0 Å². The number of ether oxygens (including phenoxy) is 4. The topological polar surface area (TPSA) is 108 Å². The van der Waals surface area contributed by atoms with E-state index in [0.29, 0.717) is 23.9 Å². The highest BCUT2D eigenvalue weighted by molar-refractivity contribution is 5.71. The molecular weight excluding hydrogens is 1270 g/mol. The Bertz CT molecular complexity index is 2270. The van der Waals surface area contributed by atoms with Gasteiger partial charge in [0.25, 0.3) is 6.29 Å². The summed E-state index contributed by atoms with van der Waals surface area (Å²) in [6.45, 7) is 4.76. The number of carbonyl (C=O) groups excluding carboxylic acids is 2. The Kier molecular flexibility index (Phi) is 78.5. The Morgan fingerprint density at radius 3 is 0.825 bits per heavy atom. The van der Waals surface area contributed by atoms with Crippen LogP contribution in [-0.4, -0.2) is 87.4 Å². The quantitative estimate of drug-likeness (QED) is 0.0211. The molecule has 588 valence electrons. The van der Waals surface area contributed by atoms with E-state index in [9.17, 15) is 19.5 Å². The summed E-state index contributed by atoms with van der Waals surface area (Å²) in [5.41, 5.74) is 0. The number of rotatable bonds is 78. The molecule has 2 atom stereocenters. The summed E-state index contributed by atoms with van der Waals surface area (Å²) in [7, 11) is 5.98. The minimum atomic E-state index is -1.52. The van der Waals surface area contributed by atoms with Crippen LogP contribution in [0.1, 0.15) is 361 Å². The molecule has 0 rings (SSSR count). The molecule has 9 heteroatoms. The van der Waals surface area contributed by atoms with Crippen molar-refractivity contribution in [3.63, 3.8) is 0 Å². The van der Waals surface area contributed by atoms with Gasteiger partial charge in [0.05, 0.1) is 34.4 Å². The molecule has 0 amide bonds. The van der Waals surface area contributed by atoms with Gasteiger partial charge in [-0.3, -0.25) is 9.59 Å². The minimum absolute atomic E-state index is 0.180. The van der Waals surface area contributed by atoms with E-state index in [0.717, 1.165) is 122 Å². The van der Waals surface area contributed by atoms with Crippen molar-refractivity contribution in [2.45, 2.75) is 373 Å². The number of allylic oxidation sites excluding steroid dienone is 26. The Morgan fingerprint density at radius 1 is 0.301 bits per heavy atom. The van der Waals surface area contributed by atoms with Crippen LogP contribution in [0.15, 0.2) is 158 Å². The molecule has 0 aliphatic heterocycles. The number of carbonyl (C=O) groups is 3. The first-order chi connectivity index (χ1) is 50.6. The summed E-state index contributed by atoms with van der Waals surface area (Å²) < 4.78 is 23.1. The molecule has 0 aliphatic carbocycles. The lowest BCUT2D eigenvalue weighted by Crippen LogP contribution is -2.40. The van der Waals surface area contributed by atoms with Crippen LogP contribution in [0.25, 0.3) is 0 Å². The maximum Gasteiger partial charge on any atom is 0.361 e. The summed E-state index contributed by atoms with van der Waals surface area (Å²) in [6.07, 6.45) is 120. The molecule has 0 saturated carbocycles. The van der Waals surface area contributed by atoms with Crippen molar-refractivity contribution >= 4 is 17.9 Å². The molecule has 0 radical (unpaired) electrons. The van der Waals surface area contributed by atoms with Crippen molar-refractivity contribution in [3.8, 4) is 0 Å². The zero-order valence-corrected chi connectivity index (χ0v) is 67.4. The molecular formula is C94H160NO8+. The SMILES string of the molecule is CC/C=C\C/C=C\C/C=C\C/C=C\C/C=C\C/C=C\C/C=C\C/C=C\C/C=C\C/C=C\CCCCCCCCCCC(=O)OC(COC(=O)CCCCCCCCCCCCCCCCCCCCCCCCCC/C=C\C/C=C\C/C=C\CCCCCCC)COC(OCC[N+](C)(C)C)C(=O)O. The van der Waals surface area contributed by atoms with Crippen molar-refractivity contribution in [2.24, 2.45) is 0 Å². The first kappa shape index (κ1) is 97.9. The number of likely N-dealkylation sites (N-methyl/N-ethyl adjacent to an activating group) is 1. The smallest absolute Gasteiger partial charge is 0.361 e. The number of esters is 2. The van der Waals surface area contributed by atoms with E-state index in [4.69, 9.17) is 18.9 Å². The summed E-state index contributed by atoms with van der Waals surface area (Å²) >= 11 is 0. The second-order valence-corrected chi connectivity index (χ2v) is 29.4. The van der Waals surface area contributed by atoms with Gasteiger partial charge in [-0.05, 0) is 128 Å². The van der Waals surface area contributed by atoms with E-state index >= 15 is 0 Å². The predicted molar refractivity (Wildman–Crippen MR) is 447 cm³/mol. The van der Waals surface area contributed by atoms with Crippen LogP contribution in [0, 0.1) is 0 Å². The van der Waals surface area contributed by atoms with Crippen LogP contribution in [-0.2, 0) is 33.3 Å². The van der Waals surface area contributed by atoms with Gasteiger partial charge >= 0.3 is 17.9 Å². The van der Waals surface area contributed by atoms with Gasteiger partial charge in [0, 0.05) is 12.8 Å². The van der Waals surface area contributed by atoms with Crippen LogP contribution in [0.2, 0.25) is 0 Å². The van der Waals surface area contributed by atoms with Gasteiger partial charge in [0.2, 0.25) is 0 Å². The first-order valence-corrected chi connectivity index (χ1v) is 42.6. The highest BCUT2D eigenvalue weighted by Crippen LogP contribution is 2.19. The fraction of sp³-hybridized carbons (Fsp3) is 0.691. The molecule has 0 heterocycles. The number of quaternary nitrogens is 1. The maximum absolute atomic E-state index is 13.0. The molecule has 0 aromatic carbocycles. The largest absolute Gasteiger partial charge is 0.477 e. The van der Waals surface area contributed by atoms with Gasteiger partial charge in [0.1, 0.15) is 13.2 Å². The summed E-state index contributed by atoms with van der Waals surface area (Å²) in [5, 5.41) is 9.79. The number of aliphatic carboxylic acids is 1. The van der Waals surface area contributed by atoms with E-state index in [1.807, 2.05) is 21.1 Å². The van der Waals surface area contributed by atoms with Crippen LogP contribution < -0.4 is 0 Å². The lowest BCUT2D eigenvalue weighted by Gasteiger charge is -2.25. The van der Waals surface area contributed by atoms with Crippen molar-refractivity contribution < 1.29 is 42.9 Å². The molecule has 2 unspecified atom stereocenters. The molecule has 0 spiro atoms. The van der Waals surface area contributed by atoms with E-state index in [-0.39, 0.29) is 32.2 Å². The van der Waals surface area contributed by atoms with Gasteiger partial charge < -0.3 is 28.5 Å². The highest BCUT2D eigenvalue weighted by atomic mass is 16.7. The fourth-order valence-electron chi connectivity index (χ4n) is 11.8. The van der Waals surface area contributed by atoms with E-state index in [2.05, 4.69) is 172 Å². The average Bonchev–Trinajstić information content (AvgIpc) is 0.985. The zero-order valence-electron chi connectivity index (χ0n) is 67.4.